The predicted octanol–water partition coefficient (Wildman–Crippen LogP) is 3.21. The number of amides is 1. The zero-order valence-electron chi connectivity index (χ0n) is 8.91. The summed E-state index contributed by atoms with van der Waals surface area (Å²) in [5.41, 5.74) is 0.510. The second-order valence-electron chi connectivity index (χ2n) is 3.42. The first-order valence-electron chi connectivity index (χ1n) is 4.75. The minimum Gasteiger partial charge on any atom is -0.339 e. The summed E-state index contributed by atoms with van der Waals surface area (Å²) in [6.07, 6.45) is 0. The lowest BCUT2D eigenvalue weighted by Gasteiger charge is -2.24. The lowest BCUT2D eigenvalue weighted by Crippen LogP contribution is -2.47. The molecule has 0 aliphatic rings. The molecule has 1 aromatic rings. The zero-order chi connectivity index (χ0) is 13.1. The molecular formula is C11H10Br3NO2. The molecule has 0 saturated carbocycles. The number of halogens is 3. The van der Waals surface area contributed by atoms with Crippen LogP contribution in [0.4, 0.5) is 0 Å². The van der Waals surface area contributed by atoms with Gasteiger partial charge >= 0.3 is 0 Å². The standard InChI is InChI=1S/C11H10Br3NO2/c1-7(16)9(11(12,13)14)15-10(17)8-5-3-2-4-6-8/h2-6,9H,1H3,(H,15,17)/t9-/m0/s1. The molecule has 1 rings (SSSR count). The maximum atomic E-state index is 11.9. The second kappa shape index (κ2) is 6.11. The Kier molecular flexibility index (Phi) is 5.34. The third kappa shape index (κ3) is 4.52. The van der Waals surface area contributed by atoms with E-state index in [1.54, 1.807) is 24.3 Å². The number of hydrogen-bond acceptors (Lipinski definition) is 2. The van der Waals surface area contributed by atoms with Crippen LogP contribution >= 0.6 is 47.8 Å². The Morgan fingerprint density at radius 3 is 2.12 bits per heavy atom. The smallest absolute Gasteiger partial charge is 0.251 e. The summed E-state index contributed by atoms with van der Waals surface area (Å²) >= 11 is 9.73. The van der Waals surface area contributed by atoms with Gasteiger partial charge in [0.1, 0.15) is 6.04 Å². The van der Waals surface area contributed by atoms with Crippen LogP contribution in [0.5, 0.6) is 0 Å². The van der Waals surface area contributed by atoms with Crippen molar-refractivity contribution >= 4 is 59.5 Å². The van der Waals surface area contributed by atoms with Crippen LogP contribution in [0.1, 0.15) is 17.3 Å². The summed E-state index contributed by atoms with van der Waals surface area (Å²) in [6, 6.07) is 8.01. The van der Waals surface area contributed by atoms with Crippen LogP contribution in [-0.2, 0) is 4.79 Å². The van der Waals surface area contributed by atoms with Crippen molar-refractivity contribution in [2.75, 3.05) is 0 Å². The molecule has 0 aromatic heterocycles. The molecular weight excluding hydrogens is 418 g/mol. The number of carbonyl (C=O) groups is 2. The first-order valence-corrected chi connectivity index (χ1v) is 7.13. The van der Waals surface area contributed by atoms with Gasteiger partial charge in [0.2, 0.25) is 0 Å². The van der Waals surface area contributed by atoms with E-state index in [0.717, 1.165) is 0 Å². The highest BCUT2D eigenvalue weighted by atomic mass is 80.0. The summed E-state index contributed by atoms with van der Waals surface area (Å²) < 4.78 is -0.844. The van der Waals surface area contributed by atoms with Crippen LogP contribution in [0.25, 0.3) is 0 Å². The fourth-order valence-electron chi connectivity index (χ4n) is 1.22. The maximum absolute atomic E-state index is 11.9. The van der Waals surface area contributed by atoms with Crippen molar-refractivity contribution in [2.45, 2.75) is 15.1 Å². The highest BCUT2D eigenvalue weighted by Gasteiger charge is 2.35. The fraction of sp³-hybridized carbons (Fsp3) is 0.273. The summed E-state index contributed by atoms with van der Waals surface area (Å²) in [4.78, 5) is 23.3. The third-order valence-electron chi connectivity index (χ3n) is 2.05. The van der Waals surface area contributed by atoms with Crippen molar-refractivity contribution in [1.82, 2.24) is 5.32 Å². The van der Waals surface area contributed by atoms with Gasteiger partial charge in [0, 0.05) is 5.56 Å². The van der Waals surface area contributed by atoms with E-state index >= 15 is 0 Å². The molecule has 17 heavy (non-hydrogen) atoms. The molecule has 1 N–H and O–H groups in total. The SMILES string of the molecule is CC(=O)[C@H](NC(=O)c1ccccc1)C(Br)(Br)Br. The second-order valence-corrected chi connectivity index (χ2v) is 10.4. The predicted molar refractivity (Wildman–Crippen MR) is 77.9 cm³/mol. The molecule has 0 fully saturated rings. The maximum Gasteiger partial charge on any atom is 0.251 e. The fourth-order valence-corrected chi connectivity index (χ4v) is 2.53. The Morgan fingerprint density at radius 2 is 1.71 bits per heavy atom. The molecule has 0 heterocycles. The first-order chi connectivity index (χ1) is 7.82. The topological polar surface area (TPSA) is 46.2 Å². The van der Waals surface area contributed by atoms with Gasteiger partial charge in [0.05, 0.1) is 0 Å². The summed E-state index contributed by atoms with van der Waals surface area (Å²) in [7, 11) is 0. The average molecular weight is 428 g/mol. The Hall–Kier alpha value is -0.200. The normalized spacial score (nSPS) is 12.9. The van der Waals surface area contributed by atoms with Crippen molar-refractivity contribution in [2.24, 2.45) is 0 Å². The number of Topliss-reactive ketones (excluding diaryl/α,β-unsaturated/α-hetero) is 1. The molecule has 1 atom stereocenters. The van der Waals surface area contributed by atoms with Crippen molar-refractivity contribution in [1.29, 1.82) is 0 Å². The van der Waals surface area contributed by atoms with Gasteiger partial charge in [0.15, 0.2) is 7.93 Å². The Balaban J connectivity index is 2.83. The molecule has 0 saturated heterocycles. The third-order valence-corrected chi connectivity index (χ3v) is 3.42. The molecule has 0 unspecified atom stereocenters. The van der Waals surface area contributed by atoms with Crippen molar-refractivity contribution < 1.29 is 9.59 Å². The van der Waals surface area contributed by atoms with E-state index in [4.69, 9.17) is 0 Å². The quantitative estimate of drug-likeness (QED) is 0.753. The van der Waals surface area contributed by atoms with Crippen LogP contribution in [0.15, 0.2) is 30.3 Å². The van der Waals surface area contributed by atoms with Gasteiger partial charge in [-0.1, -0.05) is 66.0 Å². The van der Waals surface area contributed by atoms with Crippen molar-refractivity contribution in [3.63, 3.8) is 0 Å². The van der Waals surface area contributed by atoms with Crippen LogP contribution in [-0.4, -0.2) is 19.9 Å². The van der Waals surface area contributed by atoms with Crippen molar-refractivity contribution in [3.8, 4) is 0 Å². The number of hydrogen-bond donors (Lipinski definition) is 1. The van der Waals surface area contributed by atoms with E-state index in [0.29, 0.717) is 5.56 Å². The molecule has 0 aliphatic heterocycles. The van der Waals surface area contributed by atoms with E-state index in [2.05, 4.69) is 53.1 Å². The molecule has 1 amide bonds. The highest BCUT2D eigenvalue weighted by Crippen LogP contribution is 2.37. The molecule has 0 bridgehead atoms. The first kappa shape index (κ1) is 14.9. The minimum atomic E-state index is -0.844. The summed E-state index contributed by atoms with van der Waals surface area (Å²) in [5, 5.41) is 2.64. The number of rotatable bonds is 3. The van der Waals surface area contributed by atoms with E-state index in [1.807, 2.05) is 6.07 Å². The number of alkyl halides is 3. The molecule has 0 aliphatic carbocycles. The van der Waals surface area contributed by atoms with Gasteiger partial charge in [-0.3, -0.25) is 9.59 Å². The molecule has 6 heteroatoms. The van der Waals surface area contributed by atoms with E-state index in [1.165, 1.54) is 6.92 Å². The molecule has 0 spiro atoms. The van der Waals surface area contributed by atoms with E-state index < -0.39 is 8.18 Å². The summed E-state index contributed by atoms with van der Waals surface area (Å²) in [5.74, 6) is -0.464. The Bertz CT molecular complexity index is 414. The minimum absolute atomic E-state index is 0.167. The Labute approximate surface area is 125 Å². The van der Waals surface area contributed by atoms with Gasteiger partial charge in [-0.05, 0) is 19.1 Å². The molecule has 0 radical (unpaired) electrons. The van der Waals surface area contributed by atoms with Crippen LogP contribution < -0.4 is 5.32 Å². The number of nitrogens with one attached hydrogen (secondary N) is 1. The van der Waals surface area contributed by atoms with Crippen LogP contribution in [0.2, 0.25) is 0 Å². The number of ketones is 1. The van der Waals surface area contributed by atoms with Crippen LogP contribution in [0, 0.1) is 0 Å². The summed E-state index contributed by atoms with van der Waals surface area (Å²) in [6.45, 7) is 1.41. The lowest BCUT2D eigenvalue weighted by atomic mass is 10.2. The number of benzene rings is 1. The largest absolute Gasteiger partial charge is 0.339 e. The molecule has 1 aromatic carbocycles. The van der Waals surface area contributed by atoms with Crippen LogP contribution in [0.3, 0.4) is 0 Å². The molecule has 92 valence electrons. The molecule has 3 nitrogen and oxygen atoms in total. The zero-order valence-corrected chi connectivity index (χ0v) is 13.7. The van der Waals surface area contributed by atoms with Gasteiger partial charge in [-0.15, -0.1) is 0 Å². The number of carbonyl (C=O) groups excluding carboxylic acids is 2. The monoisotopic (exact) mass is 425 g/mol. The average Bonchev–Trinajstić information content (AvgIpc) is 2.24. The van der Waals surface area contributed by atoms with E-state index in [-0.39, 0.29) is 11.7 Å². The van der Waals surface area contributed by atoms with Gasteiger partial charge in [-0.2, -0.15) is 0 Å². The Morgan fingerprint density at radius 1 is 1.18 bits per heavy atom. The van der Waals surface area contributed by atoms with E-state index in [9.17, 15) is 9.59 Å². The van der Waals surface area contributed by atoms with Gasteiger partial charge < -0.3 is 5.32 Å². The highest BCUT2D eigenvalue weighted by molar-refractivity contribution is 9.39. The van der Waals surface area contributed by atoms with Gasteiger partial charge in [-0.25, -0.2) is 0 Å². The van der Waals surface area contributed by atoms with Crippen molar-refractivity contribution in [3.05, 3.63) is 35.9 Å². The lowest BCUT2D eigenvalue weighted by molar-refractivity contribution is -0.118. The van der Waals surface area contributed by atoms with Gasteiger partial charge in [0.25, 0.3) is 5.91 Å².